The van der Waals surface area contributed by atoms with E-state index in [0.717, 1.165) is 19.4 Å². The van der Waals surface area contributed by atoms with Crippen molar-refractivity contribution in [2.45, 2.75) is 38.1 Å². The molecule has 1 amide bonds. The van der Waals surface area contributed by atoms with E-state index in [1.54, 1.807) is 0 Å². The summed E-state index contributed by atoms with van der Waals surface area (Å²) in [6.45, 7) is 0.979. The molecule has 20 heavy (non-hydrogen) atoms. The number of benzene rings is 1. The van der Waals surface area contributed by atoms with Crippen molar-refractivity contribution < 1.29 is 9.53 Å². The van der Waals surface area contributed by atoms with Gasteiger partial charge in [-0.05, 0) is 42.7 Å². The second-order valence-electron chi connectivity index (χ2n) is 6.07. The molecule has 3 nitrogen and oxygen atoms in total. The molecular formula is C17H23NO2. The smallest absolute Gasteiger partial charge is 0.248 e. The fourth-order valence-corrected chi connectivity index (χ4v) is 3.18. The minimum absolute atomic E-state index is 0.103. The fraction of sp³-hybridized carbons (Fsp3) is 0.588. The van der Waals surface area contributed by atoms with Crippen molar-refractivity contribution in [3.63, 3.8) is 0 Å². The molecule has 2 aliphatic carbocycles. The summed E-state index contributed by atoms with van der Waals surface area (Å²) in [5.41, 5.74) is 2.69. The number of rotatable bonds is 5. The first-order valence-corrected chi connectivity index (χ1v) is 7.67. The summed E-state index contributed by atoms with van der Waals surface area (Å²) >= 11 is 0. The van der Waals surface area contributed by atoms with Crippen LogP contribution in [0, 0.1) is 5.92 Å². The van der Waals surface area contributed by atoms with Gasteiger partial charge in [0.1, 0.15) is 6.61 Å². The molecule has 1 unspecified atom stereocenters. The van der Waals surface area contributed by atoms with Gasteiger partial charge >= 0.3 is 0 Å². The number of ether oxygens (including phenoxy) is 1. The van der Waals surface area contributed by atoms with Crippen LogP contribution in [-0.2, 0) is 16.0 Å². The number of carbonyl (C=O) groups excluding carboxylic acids is 1. The van der Waals surface area contributed by atoms with Gasteiger partial charge in [-0.2, -0.15) is 0 Å². The third-order valence-electron chi connectivity index (χ3n) is 4.77. The lowest BCUT2D eigenvalue weighted by Crippen LogP contribution is -2.34. The van der Waals surface area contributed by atoms with Crippen LogP contribution < -0.4 is 0 Å². The standard InChI is InChI=1S/C17H23NO2/c1-18(17(19)12-20-11-13-5-4-6-13)16-10-9-14-7-2-3-8-15(14)16/h2-3,7-8,13,16H,4-6,9-12H2,1H3. The number of nitrogens with zero attached hydrogens (tertiary/aromatic N) is 1. The molecule has 0 N–H and O–H groups in total. The van der Waals surface area contributed by atoms with Crippen LogP contribution in [-0.4, -0.2) is 31.1 Å². The van der Waals surface area contributed by atoms with Gasteiger partial charge in [-0.15, -0.1) is 0 Å². The average Bonchev–Trinajstić information content (AvgIpc) is 2.84. The van der Waals surface area contributed by atoms with Gasteiger partial charge in [0.25, 0.3) is 0 Å². The summed E-state index contributed by atoms with van der Waals surface area (Å²) in [5, 5.41) is 0. The normalized spacial score (nSPS) is 21.4. The summed E-state index contributed by atoms with van der Waals surface area (Å²) < 4.78 is 5.58. The largest absolute Gasteiger partial charge is 0.371 e. The third-order valence-corrected chi connectivity index (χ3v) is 4.77. The van der Waals surface area contributed by atoms with Crippen LogP contribution >= 0.6 is 0 Å². The topological polar surface area (TPSA) is 29.5 Å². The molecule has 3 heteroatoms. The van der Waals surface area contributed by atoms with E-state index in [4.69, 9.17) is 4.74 Å². The number of likely N-dealkylation sites (N-methyl/N-ethyl adjacent to an activating group) is 1. The highest BCUT2D eigenvalue weighted by molar-refractivity contribution is 5.77. The van der Waals surface area contributed by atoms with Crippen LogP contribution in [0.3, 0.4) is 0 Å². The quantitative estimate of drug-likeness (QED) is 0.825. The molecular weight excluding hydrogens is 250 g/mol. The molecule has 2 aliphatic rings. The van der Waals surface area contributed by atoms with Crippen molar-refractivity contribution in [1.82, 2.24) is 4.90 Å². The van der Waals surface area contributed by atoms with Crippen molar-refractivity contribution in [2.24, 2.45) is 5.92 Å². The second kappa shape index (κ2) is 5.96. The molecule has 0 aliphatic heterocycles. The Hall–Kier alpha value is -1.35. The van der Waals surface area contributed by atoms with Crippen LogP contribution in [0.1, 0.15) is 42.9 Å². The lowest BCUT2D eigenvalue weighted by Gasteiger charge is -2.27. The summed E-state index contributed by atoms with van der Waals surface area (Å²) in [6.07, 6.45) is 5.95. The third kappa shape index (κ3) is 2.73. The SMILES string of the molecule is CN(C(=O)COCC1CCC1)C1CCc2ccccc21. The molecule has 0 saturated heterocycles. The molecule has 1 aromatic carbocycles. The van der Waals surface area contributed by atoms with Crippen molar-refractivity contribution in [1.29, 1.82) is 0 Å². The molecule has 1 fully saturated rings. The highest BCUT2D eigenvalue weighted by Crippen LogP contribution is 2.34. The first-order chi connectivity index (χ1) is 9.75. The van der Waals surface area contributed by atoms with Gasteiger partial charge < -0.3 is 9.64 Å². The van der Waals surface area contributed by atoms with Crippen LogP contribution in [0.15, 0.2) is 24.3 Å². The lowest BCUT2D eigenvalue weighted by molar-refractivity contribution is -0.137. The van der Waals surface area contributed by atoms with Gasteiger partial charge in [-0.1, -0.05) is 30.7 Å². The van der Waals surface area contributed by atoms with Gasteiger partial charge in [0.15, 0.2) is 0 Å². The van der Waals surface area contributed by atoms with Gasteiger partial charge in [0.2, 0.25) is 5.91 Å². The Balaban J connectivity index is 1.53. The zero-order chi connectivity index (χ0) is 13.9. The number of hydrogen-bond donors (Lipinski definition) is 0. The zero-order valence-electron chi connectivity index (χ0n) is 12.2. The molecule has 108 valence electrons. The molecule has 1 saturated carbocycles. The highest BCUT2D eigenvalue weighted by atomic mass is 16.5. The van der Waals surface area contributed by atoms with E-state index in [9.17, 15) is 4.79 Å². The maximum atomic E-state index is 12.2. The molecule has 0 spiro atoms. The predicted octanol–water partition coefficient (Wildman–Crippen LogP) is 2.95. The Bertz CT molecular complexity index is 482. The van der Waals surface area contributed by atoms with Crippen molar-refractivity contribution in [3.8, 4) is 0 Å². The van der Waals surface area contributed by atoms with Crippen LogP contribution in [0.4, 0.5) is 0 Å². The summed E-state index contributed by atoms with van der Waals surface area (Å²) in [6, 6.07) is 8.67. The Morgan fingerprint density at radius 1 is 1.30 bits per heavy atom. The monoisotopic (exact) mass is 273 g/mol. The maximum Gasteiger partial charge on any atom is 0.248 e. The number of aryl methyl sites for hydroxylation is 1. The predicted molar refractivity (Wildman–Crippen MR) is 78.4 cm³/mol. The van der Waals surface area contributed by atoms with Gasteiger partial charge in [0, 0.05) is 7.05 Å². The van der Waals surface area contributed by atoms with Crippen LogP contribution in [0.25, 0.3) is 0 Å². The average molecular weight is 273 g/mol. The van der Waals surface area contributed by atoms with Gasteiger partial charge in [-0.3, -0.25) is 4.79 Å². The lowest BCUT2D eigenvalue weighted by atomic mass is 9.86. The minimum Gasteiger partial charge on any atom is -0.371 e. The van der Waals surface area contributed by atoms with E-state index in [-0.39, 0.29) is 18.6 Å². The fourth-order valence-electron chi connectivity index (χ4n) is 3.18. The van der Waals surface area contributed by atoms with E-state index in [1.165, 1.54) is 30.4 Å². The van der Waals surface area contributed by atoms with E-state index >= 15 is 0 Å². The molecule has 3 rings (SSSR count). The van der Waals surface area contributed by atoms with E-state index in [2.05, 4.69) is 24.3 Å². The molecule has 1 aromatic rings. The minimum atomic E-state index is 0.103. The molecule has 0 heterocycles. The first-order valence-electron chi connectivity index (χ1n) is 7.67. The summed E-state index contributed by atoms with van der Waals surface area (Å²) in [5.74, 6) is 0.798. The zero-order valence-corrected chi connectivity index (χ0v) is 12.2. The summed E-state index contributed by atoms with van der Waals surface area (Å²) in [7, 11) is 1.90. The van der Waals surface area contributed by atoms with Gasteiger partial charge in [-0.25, -0.2) is 0 Å². The Morgan fingerprint density at radius 3 is 2.85 bits per heavy atom. The second-order valence-corrected chi connectivity index (χ2v) is 6.07. The molecule has 0 bridgehead atoms. The number of fused-ring (bicyclic) bond motifs is 1. The van der Waals surface area contributed by atoms with E-state index in [0.29, 0.717) is 5.92 Å². The Morgan fingerprint density at radius 2 is 2.10 bits per heavy atom. The summed E-state index contributed by atoms with van der Waals surface area (Å²) in [4.78, 5) is 14.1. The van der Waals surface area contributed by atoms with E-state index < -0.39 is 0 Å². The number of carbonyl (C=O) groups is 1. The number of hydrogen-bond acceptors (Lipinski definition) is 2. The van der Waals surface area contributed by atoms with Crippen molar-refractivity contribution in [2.75, 3.05) is 20.3 Å². The molecule has 0 radical (unpaired) electrons. The van der Waals surface area contributed by atoms with E-state index in [1.807, 2.05) is 11.9 Å². The maximum absolute atomic E-state index is 12.2. The molecule has 1 atom stereocenters. The Kier molecular flexibility index (Phi) is 4.06. The van der Waals surface area contributed by atoms with Crippen molar-refractivity contribution in [3.05, 3.63) is 35.4 Å². The van der Waals surface area contributed by atoms with Crippen LogP contribution in [0.2, 0.25) is 0 Å². The van der Waals surface area contributed by atoms with Crippen molar-refractivity contribution >= 4 is 5.91 Å². The number of amides is 1. The first kappa shape index (κ1) is 13.6. The van der Waals surface area contributed by atoms with Gasteiger partial charge in [0.05, 0.1) is 12.6 Å². The highest BCUT2D eigenvalue weighted by Gasteiger charge is 2.28. The Labute approximate surface area is 120 Å². The molecule has 0 aromatic heterocycles. The van der Waals surface area contributed by atoms with Crippen LogP contribution in [0.5, 0.6) is 0 Å².